The molecule has 0 spiro atoms. The minimum Gasteiger partial charge on any atom is -0.444 e. The van der Waals surface area contributed by atoms with Crippen LogP contribution in [0, 0.1) is 5.92 Å². The van der Waals surface area contributed by atoms with Crippen molar-refractivity contribution >= 4 is 23.9 Å². The Morgan fingerprint density at radius 2 is 1.61 bits per heavy atom. The summed E-state index contributed by atoms with van der Waals surface area (Å²) in [7, 11) is 0. The van der Waals surface area contributed by atoms with Crippen molar-refractivity contribution in [2.24, 2.45) is 5.92 Å². The van der Waals surface area contributed by atoms with E-state index in [1.807, 2.05) is 6.92 Å². The molecule has 28 heavy (non-hydrogen) atoms. The van der Waals surface area contributed by atoms with Crippen LogP contribution in [0.5, 0.6) is 0 Å². The third-order valence-electron chi connectivity index (χ3n) is 4.78. The van der Waals surface area contributed by atoms with E-state index in [1.165, 1.54) is 17.0 Å². The Morgan fingerprint density at radius 3 is 2.14 bits per heavy atom. The summed E-state index contributed by atoms with van der Waals surface area (Å²) in [6.45, 7) is 7.31. The van der Waals surface area contributed by atoms with Crippen molar-refractivity contribution in [2.75, 3.05) is 6.54 Å². The molecule has 0 radical (unpaired) electrons. The van der Waals surface area contributed by atoms with Crippen LogP contribution >= 0.6 is 0 Å². The molecule has 1 aromatic rings. The quantitative estimate of drug-likeness (QED) is 0.723. The summed E-state index contributed by atoms with van der Waals surface area (Å²) in [4.78, 5) is 56.4. The molecule has 150 valence electrons. The van der Waals surface area contributed by atoms with Crippen molar-refractivity contribution in [3.8, 4) is 0 Å². The molecule has 1 saturated heterocycles. The van der Waals surface area contributed by atoms with Crippen LogP contribution in [0.1, 0.15) is 61.3 Å². The van der Waals surface area contributed by atoms with Gasteiger partial charge in [-0.2, -0.15) is 0 Å². The highest BCUT2D eigenvalue weighted by Gasteiger charge is 2.41. The van der Waals surface area contributed by atoms with E-state index < -0.39 is 35.4 Å². The average Bonchev–Trinajstić information content (AvgIpc) is 2.86. The number of hydrogen-bond acceptors (Lipinski definition) is 6. The number of likely N-dealkylation sites (tertiary alicyclic amines) is 1. The molecule has 2 aliphatic heterocycles. The smallest absolute Gasteiger partial charge is 0.410 e. The first-order valence-corrected chi connectivity index (χ1v) is 9.27. The first-order valence-electron chi connectivity index (χ1n) is 9.27. The minimum atomic E-state index is -0.713. The fraction of sp³-hybridized carbons (Fsp3) is 0.500. The number of imide groups is 1. The number of ether oxygens (including phenoxy) is 1. The Labute approximate surface area is 163 Å². The van der Waals surface area contributed by atoms with E-state index in [2.05, 4.69) is 0 Å². The summed E-state index contributed by atoms with van der Waals surface area (Å²) in [6, 6.07) is 6.21. The van der Waals surface area contributed by atoms with Crippen molar-refractivity contribution in [1.82, 2.24) is 9.96 Å². The number of hydroxylamine groups is 2. The molecule has 0 aromatic heterocycles. The van der Waals surface area contributed by atoms with Gasteiger partial charge in [0.2, 0.25) is 0 Å². The van der Waals surface area contributed by atoms with Gasteiger partial charge < -0.3 is 14.5 Å². The zero-order chi connectivity index (χ0) is 20.6. The van der Waals surface area contributed by atoms with Crippen LogP contribution in [0.3, 0.4) is 0 Å². The highest BCUT2D eigenvalue weighted by molar-refractivity contribution is 6.20. The van der Waals surface area contributed by atoms with Gasteiger partial charge >= 0.3 is 12.1 Å². The van der Waals surface area contributed by atoms with Gasteiger partial charge in [0.25, 0.3) is 11.8 Å². The summed E-state index contributed by atoms with van der Waals surface area (Å²) in [5, 5.41) is 0.503. The topological polar surface area (TPSA) is 93.2 Å². The van der Waals surface area contributed by atoms with Gasteiger partial charge in [-0.25, -0.2) is 9.59 Å². The van der Waals surface area contributed by atoms with Crippen LogP contribution in [-0.2, 0) is 14.4 Å². The molecule has 2 heterocycles. The lowest BCUT2D eigenvalue weighted by atomic mass is 9.94. The first-order chi connectivity index (χ1) is 13.1. The van der Waals surface area contributed by atoms with Gasteiger partial charge in [-0.3, -0.25) is 9.59 Å². The number of amides is 3. The Balaban J connectivity index is 1.67. The molecule has 0 N–H and O–H groups in total. The molecule has 1 aromatic carbocycles. The number of rotatable bonds is 2. The summed E-state index contributed by atoms with van der Waals surface area (Å²) in [6.07, 6.45) is 0.571. The number of hydrogen-bond donors (Lipinski definition) is 0. The molecular weight excluding hydrogens is 364 g/mol. The van der Waals surface area contributed by atoms with Crippen molar-refractivity contribution in [2.45, 2.75) is 52.2 Å². The van der Waals surface area contributed by atoms with E-state index in [0.29, 0.717) is 17.9 Å². The third-order valence-corrected chi connectivity index (χ3v) is 4.78. The van der Waals surface area contributed by atoms with Gasteiger partial charge in [0.1, 0.15) is 5.60 Å². The lowest BCUT2D eigenvalue weighted by Crippen LogP contribution is -2.50. The van der Waals surface area contributed by atoms with E-state index in [-0.39, 0.29) is 23.7 Å². The van der Waals surface area contributed by atoms with Crippen LogP contribution < -0.4 is 0 Å². The van der Waals surface area contributed by atoms with Gasteiger partial charge in [0.15, 0.2) is 0 Å². The van der Waals surface area contributed by atoms with Crippen LogP contribution in [0.2, 0.25) is 0 Å². The summed E-state index contributed by atoms with van der Waals surface area (Å²) >= 11 is 0. The lowest BCUT2D eigenvalue weighted by molar-refractivity contribution is -0.175. The molecule has 2 atom stereocenters. The second kappa shape index (κ2) is 7.26. The Bertz CT molecular complexity index is 793. The Hall–Kier alpha value is -2.90. The van der Waals surface area contributed by atoms with Gasteiger partial charge in [-0.05, 0) is 52.7 Å². The maximum atomic E-state index is 12.6. The summed E-state index contributed by atoms with van der Waals surface area (Å²) < 4.78 is 5.40. The number of carbonyl (C=O) groups is 4. The fourth-order valence-electron chi connectivity index (χ4n) is 3.29. The van der Waals surface area contributed by atoms with E-state index >= 15 is 0 Å². The van der Waals surface area contributed by atoms with Crippen LogP contribution in [0.25, 0.3) is 0 Å². The van der Waals surface area contributed by atoms with Crippen molar-refractivity contribution in [1.29, 1.82) is 0 Å². The van der Waals surface area contributed by atoms with E-state index in [1.54, 1.807) is 32.9 Å². The molecule has 8 heteroatoms. The van der Waals surface area contributed by atoms with Crippen molar-refractivity contribution in [3.05, 3.63) is 35.4 Å². The summed E-state index contributed by atoms with van der Waals surface area (Å²) in [5.74, 6) is -2.69. The molecule has 0 aliphatic carbocycles. The molecule has 3 amide bonds. The Morgan fingerprint density at radius 1 is 1.04 bits per heavy atom. The summed E-state index contributed by atoms with van der Waals surface area (Å²) in [5.41, 5.74) is -0.245. The molecule has 0 unspecified atom stereocenters. The molecule has 1 fully saturated rings. The number of benzene rings is 1. The van der Waals surface area contributed by atoms with E-state index in [4.69, 9.17) is 9.57 Å². The highest BCUT2D eigenvalue weighted by Crippen LogP contribution is 2.27. The monoisotopic (exact) mass is 388 g/mol. The third kappa shape index (κ3) is 3.85. The largest absolute Gasteiger partial charge is 0.444 e. The van der Waals surface area contributed by atoms with E-state index in [9.17, 15) is 19.2 Å². The normalized spacial score (nSPS) is 22.1. The molecule has 0 saturated carbocycles. The Kier molecular flexibility index (Phi) is 5.14. The second-order valence-corrected chi connectivity index (χ2v) is 8.12. The first kappa shape index (κ1) is 19.9. The number of fused-ring (bicyclic) bond motifs is 1. The SMILES string of the molecule is C[C@@H]1CC[C@H](C(=O)ON2C(=O)c3ccccc3C2=O)CN1C(=O)OC(C)(C)C. The van der Waals surface area contributed by atoms with Gasteiger partial charge in [0.05, 0.1) is 17.0 Å². The van der Waals surface area contributed by atoms with Crippen LogP contribution in [0.4, 0.5) is 4.79 Å². The van der Waals surface area contributed by atoms with Crippen molar-refractivity contribution in [3.63, 3.8) is 0 Å². The maximum Gasteiger partial charge on any atom is 0.410 e. The zero-order valence-corrected chi connectivity index (χ0v) is 16.4. The average molecular weight is 388 g/mol. The molecule has 0 bridgehead atoms. The van der Waals surface area contributed by atoms with Crippen LogP contribution in [-0.4, -0.2) is 52.0 Å². The number of piperidine rings is 1. The minimum absolute atomic E-state index is 0.0850. The highest BCUT2D eigenvalue weighted by atomic mass is 16.7. The molecule has 8 nitrogen and oxygen atoms in total. The van der Waals surface area contributed by atoms with E-state index in [0.717, 1.165) is 0 Å². The number of carbonyl (C=O) groups excluding carboxylic acids is 4. The lowest BCUT2D eigenvalue weighted by Gasteiger charge is -2.37. The van der Waals surface area contributed by atoms with Gasteiger partial charge in [0, 0.05) is 12.6 Å². The number of nitrogens with zero attached hydrogens (tertiary/aromatic N) is 2. The predicted molar refractivity (Wildman–Crippen MR) is 98.2 cm³/mol. The fourth-order valence-corrected chi connectivity index (χ4v) is 3.29. The van der Waals surface area contributed by atoms with Gasteiger partial charge in [-0.1, -0.05) is 17.2 Å². The second-order valence-electron chi connectivity index (χ2n) is 8.12. The molecule has 3 rings (SSSR count). The standard InChI is InChI=1S/C20H24N2O6/c1-12-9-10-13(11-21(12)19(26)27-20(2,3)4)18(25)28-22-16(23)14-7-5-6-8-15(14)17(22)24/h5-8,12-13H,9-11H2,1-4H3/t12-,13+/m1/s1. The van der Waals surface area contributed by atoms with Crippen molar-refractivity contribution < 1.29 is 28.8 Å². The molecular formula is C20H24N2O6. The maximum absolute atomic E-state index is 12.6. The van der Waals surface area contributed by atoms with Gasteiger partial charge in [-0.15, -0.1) is 0 Å². The zero-order valence-electron chi connectivity index (χ0n) is 16.4. The van der Waals surface area contributed by atoms with Crippen LogP contribution in [0.15, 0.2) is 24.3 Å². The predicted octanol–water partition coefficient (Wildman–Crippen LogP) is 2.78. The molecule has 2 aliphatic rings.